The zero-order chi connectivity index (χ0) is 22.7. The van der Waals surface area contributed by atoms with Gasteiger partial charge in [0.2, 0.25) is 5.91 Å². The van der Waals surface area contributed by atoms with E-state index in [0.717, 1.165) is 0 Å². The molecule has 0 bridgehead atoms. The number of aromatic nitrogens is 3. The maximum absolute atomic E-state index is 13.0. The predicted octanol–water partition coefficient (Wildman–Crippen LogP) is 2.25. The second-order valence-electron chi connectivity index (χ2n) is 7.58. The van der Waals surface area contributed by atoms with Gasteiger partial charge in [-0.25, -0.2) is 4.68 Å². The lowest BCUT2D eigenvalue weighted by Gasteiger charge is -2.30. The summed E-state index contributed by atoms with van der Waals surface area (Å²) in [6.07, 6.45) is 2.66. The van der Waals surface area contributed by atoms with Crippen LogP contribution in [-0.2, 0) is 11.3 Å². The molecule has 11 nitrogen and oxygen atoms in total. The molecule has 0 atom stereocenters. The number of furan rings is 1. The lowest BCUT2D eigenvalue weighted by atomic mass is 9.95. The Morgan fingerprint density at radius 2 is 2.03 bits per heavy atom. The molecule has 3 heterocycles. The van der Waals surface area contributed by atoms with Crippen molar-refractivity contribution >= 4 is 17.5 Å². The fraction of sp³-hybridized carbons (Fsp3) is 0.333. The number of benzene rings is 1. The fourth-order valence-electron chi connectivity index (χ4n) is 3.74. The van der Waals surface area contributed by atoms with E-state index in [-0.39, 0.29) is 29.1 Å². The highest BCUT2D eigenvalue weighted by atomic mass is 16.6. The molecule has 0 unspecified atom stereocenters. The van der Waals surface area contributed by atoms with Gasteiger partial charge in [-0.2, -0.15) is 0 Å². The zero-order valence-electron chi connectivity index (χ0n) is 17.4. The van der Waals surface area contributed by atoms with Gasteiger partial charge in [0.15, 0.2) is 5.69 Å². The minimum absolute atomic E-state index is 0.0544. The van der Waals surface area contributed by atoms with Crippen molar-refractivity contribution in [3.05, 3.63) is 69.9 Å². The standard InChI is InChI=1S/C21H22N6O5/c1-14-19(23-24-26(14)16-4-2-5-17(12-16)27(30)31)21(29)25-9-7-15(8-10-25)20(28)22-13-18-6-3-11-32-18/h2-6,11-12,15H,7-10,13H2,1H3,(H,22,28). The first kappa shape index (κ1) is 21.2. The summed E-state index contributed by atoms with van der Waals surface area (Å²) < 4.78 is 6.63. The van der Waals surface area contributed by atoms with E-state index in [9.17, 15) is 19.7 Å². The summed E-state index contributed by atoms with van der Waals surface area (Å²) in [5.74, 6) is 0.193. The molecular formula is C21H22N6O5. The van der Waals surface area contributed by atoms with Gasteiger partial charge in [-0.3, -0.25) is 19.7 Å². The smallest absolute Gasteiger partial charge is 0.276 e. The summed E-state index contributed by atoms with van der Waals surface area (Å²) in [4.78, 5) is 37.6. The van der Waals surface area contributed by atoms with Gasteiger partial charge in [-0.15, -0.1) is 5.10 Å². The van der Waals surface area contributed by atoms with Crippen molar-refractivity contribution in [1.82, 2.24) is 25.2 Å². The number of piperidine rings is 1. The molecule has 0 saturated carbocycles. The maximum Gasteiger partial charge on any atom is 0.276 e. The topological polar surface area (TPSA) is 136 Å². The maximum atomic E-state index is 13.0. The molecule has 166 valence electrons. The van der Waals surface area contributed by atoms with Crippen molar-refractivity contribution in [2.75, 3.05) is 13.1 Å². The monoisotopic (exact) mass is 438 g/mol. The normalized spacial score (nSPS) is 14.3. The van der Waals surface area contributed by atoms with Crippen molar-refractivity contribution in [3.8, 4) is 5.69 Å². The van der Waals surface area contributed by atoms with Crippen molar-refractivity contribution in [1.29, 1.82) is 0 Å². The molecule has 2 amide bonds. The predicted molar refractivity (Wildman–Crippen MR) is 112 cm³/mol. The zero-order valence-corrected chi connectivity index (χ0v) is 17.4. The molecule has 3 aromatic rings. The highest BCUT2D eigenvalue weighted by Crippen LogP contribution is 2.22. The van der Waals surface area contributed by atoms with Crippen LogP contribution in [0, 0.1) is 23.0 Å². The van der Waals surface area contributed by atoms with Gasteiger partial charge in [0.05, 0.1) is 29.1 Å². The first-order chi connectivity index (χ1) is 15.4. The van der Waals surface area contributed by atoms with E-state index in [1.165, 1.54) is 16.8 Å². The van der Waals surface area contributed by atoms with Crippen LogP contribution in [0.2, 0.25) is 0 Å². The highest BCUT2D eigenvalue weighted by molar-refractivity contribution is 5.93. The van der Waals surface area contributed by atoms with Gasteiger partial charge < -0.3 is 14.6 Å². The van der Waals surface area contributed by atoms with E-state index >= 15 is 0 Å². The molecule has 4 rings (SSSR count). The van der Waals surface area contributed by atoms with E-state index in [1.54, 1.807) is 42.4 Å². The number of carbonyl (C=O) groups excluding carboxylic acids is 2. The van der Waals surface area contributed by atoms with E-state index < -0.39 is 4.92 Å². The van der Waals surface area contributed by atoms with Crippen LogP contribution in [-0.4, -0.2) is 49.7 Å². The number of nitrogens with one attached hydrogen (secondary N) is 1. The molecule has 1 N–H and O–H groups in total. The van der Waals surface area contributed by atoms with Crippen molar-refractivity contribution < 1.29 is 18.9 Å². The number of carbonyl (C=O) groups is 2. The molecule has 1 aliphatic rings. The van der Waals surface area contributed by atoms with Crippen LogP contribution in [0.1, 0.15) is 34.8 Å². The van der Waals surface area contributed by atoms with Crippen LogP contribution in [0.15, 0.2) is 47.1 Å². The van der Waals surface area contributed by atoms with Gasteiger partial charge in [0.25, 0.3) is 11.6 Å². The summed E-state index contributed by atoms with van der Waals surface area (Å²) in [5.41, 5.74) is 1.07. The lowest BCUT2D eigenvalue weighted by Crippen LogP contribution is -2.43. The van der Waals surface area contributed by atoms with Crippen LogP contribution in [0.25, 0.3) is 5.69 Å². The first-order valence-electron chi connectivity index (χ1n) is 10.2. The van der Waals surface area contributed by atoms with Crippen LogP contribution < -0.4 is 5.32 Å². The van der Waals surface area contributed by atoms with E-state index in [4.69, 9.17) is 4.42 Å². The molecule has 1 aromatic carbocycles. The third kappa shape index (κ3) is 4.36. The van der Waals surface area contributed by atoms with Gasteiger partial charge in [0.1, 0.15) is 5.76 Å². The number of rotatable bonds is 6. The number of non-ortho nitro benzene ring substituents is 1. The number of amides is 2. The second-order valence-corrected chi connectivity index (χ2v) is 7.58. The Morgan fingerprint density at radius 1 is 1.25 bits per heavy atom. The quantitative estimate of drug-likeness (QED) is 0.460. The molecule has 11 heteroatoms. The molecule has 32 heavy (non-hydrogen) atoms. The molecule has 1 saturated heterocycles. The number of hydrogen-bond acceptors (Lipinski definition) is 7. The summed E-state index contributed by atoms with van der Waals surface area (Å²) >= 11 is 0. The van der Waals surface area contributed by atoms with Crippen molar-refractivity contribution in [2.24, 2.45) is 5.92 Å². The molecule has 0 aliphatic carbocycles. The number of likely N-dealkylation sites (tertiary alicyclic amines) is 1. The minimum atomic E-state index is -0.489. The van der Waals surface area contributed by atoms with Gasteiger partial charge in [-0.05, 0) is 38.0 Å². The Kier molecular flexibility index (Phi) is 5.97. The van der Waals surface area contributed by atoms with Gasteiger partial charge in [0, 0.05) is 31.1 Å². The third-order valence-electron chi connectivity index (χ3n) is 5.55. The van der Waals surface area contributed by atoms with E-state index in [2.05, 4.69) is 15.6 Å². The Hall–Kier alpha value is -4.02. The second kappa shape index (κ2) is 9.00. The molecule has 1 fully saturated rings. The molecular weight excluding hydrogens is 416 g/mol. The average molecular weight is 438 g/mol. The van der Waals surface area contributed by atoms with Crippen LogP contribution in [0.4, 0.5) is 5.69 Å². The highest BCUT2D eigenvalue weighted by Gasteiger charge is 2.30. The first-order valence-corrected chi connectivity index (χ1v) is 10.2. The molecule has 0 radical (unpaired) electrons. The Morgan fingerprint density at radius 3 is 2.72 bits per heavy atom. The SMILES string of the molecule is Cc1c(C(=O)N2CCC(C(=O)NCc3ccco3)CC2)nnn1-c1cccc([N+](=O)[O-])c1. The summed E-state index contributed by atoms with van der Waals surface area (Å²) in [5, 5.41) is 21.9. The average Bonchev–Trinajstić information content (AvgIpc) is 3.47. The summed E-state index contributed by atoms with van der Waals surface area (Å²) in [6.45, 7) is 2.90. The minimum Gasteiger partial charge on any atom is -0.467 e. The molecule has 1 aliphatic heterocycles. The molecule has 0 spiro atoms. The number of nitro benzene ring substituents is 1. The van der Waals surface area contributed by atoms with Crippen molar-refractivity contribution in [3.63, 3.8) is 0 Å². The Labute approximate surface area is 183 Å². The van der Waals surface area contributed by atoms with Crippen LogP contribution in [0.3, 0.4) is 0 Å². The van der Waals surface area contributed by atoms with Gasteiger partial charge in [-0.1, -0.05) is 11.3 Å². The Bertz CT molecular complexity index is 1130. The third-order valence-corrected chi connectivity index (χ3v) is 5.55. The van der Waals surface area contributed by atoms with Crippen LogP contribution in [0.5, 0.6) is 0 Å². The largest absolute Gasteiger partial charge is 0.467 e. The van der Waals surface area contributed by atoms with E-state index in [0.29, 0.717) is 49.6 Å². The fourth-order valence-corrected chi connectivity index (χ4v) is 3.74. The molecule has 2 aromatic heterocycles. The number of nitro groups is 1. The number of hydrogen-bond donors (Lipinski definition) is 1. The lowest BCUT2D eigenvalue weighted by molar-refractivity contribution is -0.384. The summed E-state index contributed by atoms with van der Waals surface area (Å²) in [7, 11) is 0. The summed E-state index contributed by atoms with van der Waals surface area (Å²) in [6, 6.07) is 9.54. The van der Waals surface area contributed by atoms with E-state index in [1.807, 2.05) is 0 Å². The van der Waals surface area contributed by atoms with Gasteiger partial charge >= 0.3 is 0 Å². The Balaban J connectivity index is 1.38. The number of nitrogens with zero attached hydrogens (tertiary/aromatic N) is 5. The van der Waals surface area contributed by atoms with Crippen LogP contribution >= 0.6 is 0 Å². The van der Waals surface area contributed by atoms with Crippen molar-refractivity contribution in [2.45, 2.75) is 26.3 Å².